The van der Waals surface area contributed by atoms with E-state index in [2.05, 4.69) is 5.32 Å². The van der Waals surface area contributed by atoms with Gasteiger partial charge >= 0.3 is 23.9 Å². The molecule has 0 heterocycles. The van der Waals surface area contributed by atoms with Crippen LogP contribution in [0.15, 0.2) is 0 Å². The molecule has 0 saturated heterocycles. The Morgan fingerprint density at radius 2 is 0.979 bits per heavy atom. The van der Waals surface area contributed by atoms with Gasteiger partial charge < -0.3 is 54.3 Å². The van der Waals surface area contributed by atoms with E-state index in [-0.39, 0.29) is 0 Å². The highest BCUT2D eigenvalue weighted by molar-refractivity contribution is 5.89. The molecule has 0 bridgehead atoms. The summed E-state index contributed by atoms with van der Waals surface area (Å²) in [7, 11) is 3.54. The summed E-state index contributed by atoms with van der Waals surface area (Å²) in [5.74, 6) is -7.99. The van der Waals surface area contributed by atoms with E-state index in [1.165, 1.54) is 28.1 Å². The number of amides is 4. The number of rotatable bonds is 21. The van der Waals surface area contributed by atoms with Crippen LogP contribution in [-0.2, 0) is 62.1 Å². The Morgan fingerprint density at radius 1 is 0.638 bits per heavy atom. The SMILES string of the molecule is CC(=O)OC(C)C(=O)CCC(=O)NC(COC(=O)CN(C)C(=O)CO)(COC(=O)CN(C)C(=O)CO)COC(=O)CN(C)C(=O)CO. The van der Waals surface area contributed by atoms with Crippen LogP contribution in [0.1, 0.15) is 26.7 Å². The second-order valence-corrected chi connectivity index (χ2v) is 10.3. The summed E-state index contributed by atoms with van der Waals surface area (Å²) >= 11 is 0. The zero-order valence-electron chi connectivity index (χ0n) is 26.8. The highest BCUT2D eigenvalue weighted by Crippen LogP contribution is 2.13. The van der Waals surface area contributed by atoms with Gasteiger partial charge in [-0.15, -0.1) is 0 Å². The molecular formula is C27H42N4O16. The number of carbonyl (C=O) groups is 9. The van der Waals surface area contributed by atoms with Crippen molar-refractivity contribution in [2.45, 2.75) is 38.3 Å². The van der Waals surface area contributed by atoms with Crippen LogP contribution in [0.25, 0.3) is 0 Å². The number of nitrogens with one attached hydrogen (secondary N) is 1. The number of nitrogens with zero attached hydrogens (tertiary/aromatic N) is 3. The van der Waals surface area contributed by atoms with E-state index in [0.29, 0.717) is 0 Å². The van der Waals surface area contributed by atoms with Gasteiger partial charge in [-0.05, 0) is 6.92 Å². The number of esters is 4. The summed E-state index contributed by atoms with van der Waals surface area (Å²) < 4.78 is 20.4. The molecule has 0 aromatic heterocycles. The summed E-state index contributed by atoms with van der Waals surface area (Å²) in [4.78, 5) is 111. The average Bonchev–Trinajstić information content (AvgIpc) is 3.02. The fourth-order valence-corrected chi connectivity index (χ4v) is 3.35. The Morgan fingerprint density at radius 3 is 1.28 bits per heavy atom. The predicted octanol–water partition coefficient (Wildman–Crippen LogP) is -4.88. The average molecular weight is 679 g/mol. The fraction of sp³-hybridized carbons (Fsp3) is 0.667. The summed E-state index contributed by atoms with van der Waals surface area (Å²) in [6, 6.07) is 0. The Hall–Kier alpha value is -4.69. The lowest BCUT2D eigenvalue weighted by Crippen LogP contribution is -2.60. The number of aliphatic hydroxyl groups is 3. The number of aliphatic hydroxyl groups excluding tert-OH is 3. The van der Waals surface area contributed by atoms with E-state index in [0.717, 1.165) is 21.6 Å². The molecule has 0 saturated carbocycles. The van der Waals surface area contributed by atoms with Crippen molar-refractivity contribution < 1.29 is 77.4 Å². The number of hydrogen-bond acceptors (Lipinski definition) is 16. The molecule has 0 fully saturated rings. The Kier molecular flexibility index (Phi) is 19.1. The fourth-order valence-electron chi connectivity index (χ4n) is 3.35. The van der Waals surface area contributed by atoms with Crippen LogP contribution in [0.2, 0.25) is 0 Å². The van der Waals surface area contributed by atoms with E-state index < -0.39 is 137 Å². The van der Waals surface area contributed by atoms with Gasteiger partial charge in [-0.2, -0.15) is 0 Å². The molecule has 0 spiro atoms. The van der Waals surface area contributed by atoms with Crippen LogP contribution in [0.5, 0.6) is 0 Å². The van der Waals surface area contributed by atoms with Crippen molar-refractivity contribution in [3.63, 3.8) is 0 Å². The van der Waals surface area contributed by atoms with Gasteiger partial charge in [-0.3, -0.25) is 43.2 Å². The van der Waals surface area contributed by atoms with E-state index in [4.69, 9.17) is 34.3 Å². The molecule has 0 radical (unpaired) electrons. The summed E-state index contributed by atoms with van der Waals surface area (Å²) in [6.07, 6.45) is -2.15. The summed E-state index contributed by atoms with van der Waals surface area (Å²) in [5, 5.41) is 29.4. The van der Waals surface area contributed by atoms with Crippen LogP contribution in [-0.4, -0.2) is 175 Å². The molecule has 0 aliphatic heterocycles. The third-order valence-corrected chi connectivity index (χ3v) is 6.11. The first-order chi connectivity index (χ1) is 21.9. The minimum Gasteiger partial charge on any atom is -0.462 e. The second kappa shape index (κ2) is 21.2. The highest BCUT2D eigenvalue weighted by Gasteiger charge is 2.38. The molecule has 1 unspecified atom stereocenters. The topological polar surface area (TPSA) is 273 Å². The van der Waals surface area contributed by atoms with Crippen molar-refractivity contribution in [2.75, 3.05) is 80.4 Å². The maximum atomic E-state index is 13.0. The number of hydrogen-bond donors (Lipinski definition) is 4. The van der Waals surface area contributed by atoms with Crippen LogP contribution in [0.4, 0.5) is 0 Å². The molecule has 0 aromatic carbocycles. The number of likely N-dealkylation sites (N-methyl/N-ethyl adjacent to an activating group) is 3. The molecule has 20 nitrogen and oxygen atoms in total. The highest BCUT2D eigenvalue weighted by atomic mass is 16.6. The van der Waals surface area contributed by atoms with Crippen molar-refractivity contribution in [3.8, 4) is 0 Å². The summed E-state index contributed by atoms with van der Waals surface area (Å²) in [6.45, 7) is -4.98. The maximum Gasteiger partial charge on any atom is 0.325 e. The Balaban J connectivity index is 6.22. The first kappa shape index (κ1) is 42.3. The zero-order chi connectivity index (χ0) is 36.3. The first-order valence-corrected chi connectivity index (χ1v) is 13.9. The largest absolute Gasteiger partial charge is 0.462 e. The predicted molar refractivity (Wildman–Crippen MR) is 153 cm³/mol. The van der Waals surface area contributed by atoms with E-state index in [1.54, 1.807) is 0 Å². The lowest BCUT2D eigenvalue weighted by molar-refractivity contribution is -0.163. The second-order valence-electron chi connectivity index (χ2n) is 10.3. The standard InChI is InChI=1S/C27H42N4O16/c1-17(47-18(2)35)19(36)6-7-20(37)28-27(14-44-24(41)8-29(3)21(38)11-32,15-45-25(42)9-30(4)22(39)12-33)16-46-26(43)10-31(5)23(40)13-34/h17,32-34H,6-16H2,1-5H3,(H,28,37). The van der Waals surface area contributed by atoms with Crippen molar-refractivity contribution >= 4 is 53.3 Å². The monoisotopic (exact) mass is 678 g/mol. The molecule has 4 amide bonds. The molecule has 0 aromatic rings. The lowest BCUT2D eigenvalue weighted by Gasteiger charge is -2.33. The van der Waals surface area contributed by atoms with Gasteiger partial charge in [0.05, 0.1) is 0 Å². The van der Waals surface area contributed by atoms with Crippen LogP contribution in [0, 0.1) is 0 Å². The Labute approximate surface area is 269 Å². The van der Waals surface area contributed by atoms with Gasteiger partial charge in [0.1, 0.15) is 64.8 Å². The molecule has 0 aliphatic carbocycles. The number of ketones is 1. The van der Waals surface area contributed by atoms with Crippen LogP contribution >= 0.6 is 0 Å². The van der Waals surface area contributed by atoms with Crippen molar-refractivity contribution in [3.05, 3.63) is 0 Å². The molecule has 20 heteroatoms. The van der Waals surface area contributed by atoms with Crippen LogP contribution in [0.3, 0.4) is 0 Å². The van der Waals surface area contributed by atoms with Gasteiger partial charge in [0.2, 0.25) is 23.6 Å². The summed E-state index contributed by atoms with van der Waals surface area (Å²) in [5.41, 5.74) is -2.07. The zero-order valence-corrected chi connectivity index (χ0v) is 26.8. The van der Waals surface area contributed by atoms with Gasteiger partial charge in [0, 0.05) is 40.9 Å². The molecule has 4 N–H and O–H groups in total. The van der Waals surface area contributed by atoms with Crippen LogP contribution < -0.4 is 5.32 Å². The molecular weight excluding hydrogens is 636 g/mol. The molecule has 0 rings (SSSR count). The number of Topliss-reactive ketones (excluding diaryl/α,β-unsaturated/α-hetero) is 1. The number of ether oxygens (including phenoxy) is 4. The van der Waals surface area contributed by atoms with Gasteiger partial charge in [-0.1, -0.05) is 0 Å². The van der Waals surface area contributed by atoms with E-state index in [1.807, 2.05) is 0 Å². The third-order valence-electron chi connectivity index (χ3n) is 6.11. The normalized spacial score (nSPS) is 11.3. The quantitative estimate of drug-likeness (QED) is 0.0654. The molecule has 0 aliphatic rings. The first-order valence-electron chi connectivity index (χ1n) is 13.9. The smallest absolute Gasteiger partial charge is 0.325 e. The minimum absolute atomic E-state index is 0.439. The van der Waals surface area contributed by atoms with E-state index in [9.17, 15) is 43.2 Å². The molecule has 47 heavy (non-hydrogen) atoms. The van der Waals surface area contributed by atoms with Crippen molar-refractivity contribution in [1.29, 1.82) is 0 Å². The van der Waals surface area contributed by atoms with Crippen molar-refractivity contribution in [2.24, 2.45) is 0 Å². The Bertz CT molecular complexity index is 1060. The van der Waals surface area contributed by atoms with Gasteiger partial charge in [-0.25, -0.2) is 0 Å². The van der Waals surface area contributed by atoms with Gasteiger partial charge in [0.15, 0.2) is 11.9 Å². The molecule has 1 atom stereocenters. The maximum absolute atomic E-state index is 13.0. The van der Waals surface area contributed by atoms with E-state index >= 15 is 0 Å². The molecule has 266 valence electrons. The minimum atomic E-state index is -2.07. The lowest BCUT2D eigenvalue weighted by atomic mass is 10.0. The van der Waals surface area contributed by atoms with Crippen molar-refractivity contribution in [1.82, 2.24) is 20.0 Å². The van der Waals surface area contributed by atoms with Gasteiger partial charge in [0.25, 0.3) is 0 Å². The number of carbonyl (C=O) groups excluding carboxylic acids is 9. The third kappa shape index (κ3) is 17.0.